The Morgan fingerprint density at radius 3 is 2.42 bits per heavy atom. The lowest BCUT2D eigenvalue weighted by Gasteiger charge is -2.19. The Balaban J connectivity index is 2.37. The van der Waals surface area contributed by atoms with Gasteiger partial charge in [-0.2, -0.15) is 5.10 Å². The molecule has 19 heavy (non-hydrogen) atoms. The highest BCUT2D eigenvalue weighted by molar-refractivity contribution is 7.92. The van der Waals surface area contributed by atoms with Crippen LogP contribution in [-0.2, 0) is 16.6 Å². The Bertz CT molecular complexity index is 661. The van der Waals surface area contributed by atoms with Crippen LogP contribution in [0.5, 0.6) is 0 Å². The molecular formula is C12H16N4O2S. The molecule has 0 bridgehead atoms. The van der Waals surface area contributed by atoms with Gasteiger partial charge in [-0.05, 0) is 24.6 Å². The maximum atomic E-state index is 12.4. The Morgan fingerprint density at radius 1 is 1.32 bits per heavy atom. The van der Waals surface area contributed by atoms with Crippen LogP contribution in [0.25, 0.3) is 0 Å². The van der Waals surface area contributed by atoms with Crippen LogP contribution in [0.15, 0.2) is 35.4 Å². The number of rotatable bonds is 4. The first-order valence-corrected chi connectivity index (χ1v) is 7.18. The second kappa shape index (κ2) is 5.02. The van der Waals surface area contributed by atoms with Crippen molar-refractivity contribution in [1.29, 1.82) is 0 Å². The number of aromatic nitrogens is 2. The van der Waals surface area contributed by atoms with E-state index in [1.54, 1.807) is 19.1 Å². The summed E-state index contributed by atoms with van der Waals surface area (Å²) in [6.07, 6.45) is 1.31. The summed E-state index contributed by atoms with van der Waals surface area (Å²) >= 11 is 0. The van der Waals surface area contributed by atoms with E-state index in [0.717, 1.165) is 5.56 Å². The fraction of sp³-hybridized carbons (Fsp3) is 0.250. The molecule has 0 aliphatic rings. The number of anilines is 1. The summed E-state index contributed by atoms with van der Waals surface area (Å²) in [6.45, 7) is 2.10. The molecule has 0 fully saturated rings. The molecule has 0 saturated carbocycles. The third kappa shape index (κ3) is 2.47. The zero-order valence-electron chi connectivity index (χ0n) is 10.8. The largest absolute Gasteiger partial charge is 0.326 e. The first kappa shape index (κ1) is 13.6. The number of sulfonamides is 1. The molecule has 7 heteroatoms. The first-order valence-electron chi connectivity index (χ1n) is 5.74. The predicted octanol–water partition coefficient (Wildman–Crippen LogP) is 1.00. The maximum Gasteiger partial charge on any atom is 0.267 e. The van der Waals surface area contributed by atoms with Crippen LogP contribution >= 0.6 is 0 Å². The van der Waals surface area contributed by atoms with Crippen molar-refractivity contribution in [1.82, 2.24) is 10.2 Å². The van der Waals surface area contributed by atoms with E-state index in [9.17, 15) is 8.42 Å². The Hall–Kier alpha value is -1.86. The molecule has 0 atom stereocenters. The van der Waals surface area contributed by atoms with Crippen molar-refractivity contribution in [3.63, 3.8) is 0 Å². The van der Waals surface area contributed by atoms with Crippen molar-refractivity contribution in [3.05, 3.63) is 41.7 Å². The molecular weight excluding hydrogens is 264 g/mol. The summed E-state index contributed by atoms with van der Waals surface area (Å²) in [5.74, 6) is 0. The number of nitrogens with two attached hydrogens (primary N) is 1. The number of H-pyrrole nitrogens is 1. The van der Waals surface area contributed by atoms with Crippen molar-refractivity contribution in [3.8, 4) is 0 Å². The average Bonchev–Trinajstić information content (AvgIpc) is 2.85. The molecule has 0 radical (unpaired) electrons. The minimum Gasteiger partial charge on any atom is -0.326 e. The lowest BCUT2D eigenvalue weighted by atomic mass is 10.2. The molecule has 1 aromatic carbocycles. The molecule has 2 rings (SSSR count). The SMILES string of the molecule is Cc1[nH]ncc1S(=O)(=O)N(C)c1ccc(CN)cc1. The topological polar surface area (TPSA) is 92.1 Å². The molecule has 102 valence electrons. The van der Waals surface area contributed by atoms with Crippen molar-refractivity contribution in [2.45, 2.75) is 18.4 Å². The summed E-state index contributed by atoms with van der Waals surface area (Å²) in [6, 6.07) is 7.08. The molecule has 1 aromatic heterocycles. The molecule has 0 saturated heterocycles. The average molecular weight is 280 g/mol. The Morgan fingerprint density at radius 2 is 1.95 bits per heavy atom. The normalized spacial score (nSPS) is 11.5. The number of hydrogen-bond acceptors (Lipinski definition) is 4. The van der Waals surface area contributed by atoms with E-state index in [4.69, 9.17) is 5.73 Å². The van der Waals surface area contributed by atoms with Crippen LogP contribution in [0, 0.1) is 6.92 Å². The van der Waals surface area contributed by atoms with E-state index in [-0.39, 0.29) is 4.90 Å². The van der Waals surface area contributed by atoms with E-state index in [1.165, 1.54) is 17.5 Å². The third-order valence-corrected chi connectivity index (χ3v) is 4.86. The van der Waals surface area contributed by atoms with Gasteiger partial charge in [0.15, 0.2) is 0 Å². The minimum atomic E-state index is -3.59. The quantitative estimate of drug-likeness (QED) is 0.874. The zero-order valence-corrected chi connectivity index (χ0v) is 11.6. The van der Waals surface area contributed by atoms with E-state index >= 15 is 0 Å². The van der Waals surface area contributed by atoms with Gasteiger partial charge in [-0.3, -0.25) is 9.40 Å². The fourth-order valence-electron chi connectivity index (χ4n) is 1.73. The van der Waals surface area contributed by atoms with Gasteiger partial charge in [0.05, 0.1) is 17.6 Å². The molecule has 0 aliphatic heterocycles. The second-order valence-corrected chi connectivity index (χ2v) is 6.14. The lowest BCUT2D eigenvalue weighted by Crippen LogP contribution is -2.26. The van der Waals surface area contributed by atoms with Gasteiger partial charge in [0.1, 0.15) is 4.90 Å². The zero-order chi connectivity index (χ0) is 14.0. The first-order chi connectivity index (χ1) is 8.96. The van der Waals surface area contributed by atoms with E-state index < -0.39 is 10.0 Å². The van der Waals surface area contributed by atoms with Crippen molar-refractivity contribution in [2.24, 2.45) is 5.73 Å². The summed E-state index contributed by atoms with van der Waals surface area (Å²) in [7, 11) is -2.08. The van der Waals surface area contributed by atoms with E-state index in [0.29, 0.717) is 17.9 Å². The number of hydrogen-bond donors (Lipinski definition) is 2. The molecule has 1 heterocycles. The highest BCUT2D eigenvalue weighted by atomic mass is 32.2. The van der Waals surface area contributed by atoms with Gasteiger partial charge in [-0.25, -0.2) is 8.42 Å². The van der Waals surface area contributed by atoms with Crippen molar-refractivity contribution in [2.75, 3.05) is 11.4 Å². The molecule has 0 spiro atoms. The third-order valence-electron chi connectivity index (χ3n) is 2.96. The Labute approximate surface area is 112 Å². The highest BCUT2D eigenvalue weighted by Gasteiger charge is 2.24. The molecule has 3 N–H and O–H groups in total. The second-order valence-electron chi connectivity index (χ2n) is 4.20. The summed E-state index contributed by atoms with van der Waals surface area (Å²) in [5.41, 5.74) is 7.57. The number of aromatic amines is 1. The summed E-state index contributed by atoms with van der Waals surface area (Å²) in [4.78, 5) is 0.179. The van der Waals surface area contributed by atoms with Crippen LogP contribution in [0.3, 0.4) is 0 Å². The maximum absolute atomic E-state index is 12.4. The van der Waals surface area contributed by atoms with Crippen molar-refractivity contribution >= 4 is 15.7 Å². The van der Waals surface area contributed by atoms with Gasteiger partial charge in [-0.1, -0.05) is 12.1 Å². The van der Waals surface area contributed by atoms with Crippen LogP contribution in [0.2, 0.25) is 0 Å². The molecule has 2 aromatic rings. The van der Waals surface area contributed by atoms with Crippen LogP contribution < -0.4 is 10.0 Å². The van der Waals surface area contributed by atoms with Gasteiger partial charge < -0.3 is 5.73 Å². The monoisotopic (exact) mass is 280 g/mol. The van der Waals surface area contributed by atoms with E-state index in [1.807, 2.05) is 12.1 Å². The van der Waals surface area contributed by atoms with Crippen LogP contribution in [-0.4, -0.2) is 25.7 Å². The van der Waals surface area contributed by atoms with Crippen LogP contribution in [0.1, 0.15) is 11.3 Å². The number of nitrogens with one attached hydrogen (secondary N) is 1. The van der Waals surface area contributed by atoms with Gasteiger partial charge in [-0.15, -0.1) is 0 Å². The molecule has 0 unspecified atom stereocenters. The summed E-state index contributed by atoms with van der Waals surface area (Å²) < 4.78 is 26.0. The fourth-order valence-corrected chi connectivity index (χ4v) is 3.04. The molecule has 6 nitrogen and oxygen atoms in total. The highest BCUT2D eigenvalue weighted by Crippen LogP contribution is 2.23. The molecule has 0 aliphatic carbocycles. The minimum absolute atomic E-state index is 0.179. The van der Waals surface area contributed by atoms with E-state index in [2.05, 4.69) is 10.2 Å². The standard InChI is InChI=1S/C12H16N4O2S/c1-9-12(8-14-15-9)19(17,18)16(2)11-5-3-10(7-13)4-6-11/h3-6,8H,7,13H2,1-2H3,(H,14,15). The number of benzene rings is 1. The van der Waals surface area contributed by atoms with Crippen LogP contribution in [0.4, 0.5) is 5.69 Å². The molecule has 0 amide bonds. The van der Waals surface area contributed by atoms with Gasteiger partial charge in [0, 0.05) is 13.6 Å². The summed E-state index contributed by atoms with van der Waals surface area (Å²) in [5, 5.41) is 6.37. The van der Waals surface area contributed by atoms with Gasteiger partial charge in [0.2, 0.25) is 0 Å². The van der Waals surface area contributed by atoms with Gasteiger partial charge >= 0.3 is 0 Å². The smallest absolute Gasteiger partial charge is 0.267 e. The van der Waals surface area contributed by atoms with Gasteiger partial charge in [0.25, 0.3) is 10.0 Å². The Kier molecular flexibility index (Phi) is 3.59. The lowest BCUT2D eigenvalue weighted by molar-refractivity contribution is 0.594. The number of aryl methyl sites for hydroxylation is 1. The number of nitrogens with zero attached hydrogens (tertiary/aromatic N) is 2. The van der Waals surface area contributed by atoms with Crippen molar-refractivity contribution < 1.29 is 8.42 Å². The predicted molar refractivity (Wildman–Crippen MR) is 73.2 cm³/mol.